The smallest absolute Gasteiger partial charge is 0.325 e. The van der Waals surface area contributed by atoms with Gasteiger partial charge in [0.15, 0.2) is 0 Å². The van der Waals surface area contributed by atoms with E-state index in [4.69, 9.17) is 9.84 Å². The zero-order chi connectivity index (χ0) is 12.3. The van der Waals surface area contributed by atoms with Gasteiger partial charge in [-0.2, -0.15) is 0 Å². The predicted molar refractivity (Wildman–Crippen MR) is 64.8 cm³/mol. The molecule has 0 spiro atoms. The van der Waals surface area contributed by atoms with Gasteiger partial charge < -0.3 is 9.84 Å². The van der Waals surface area contributed by atoms with Crippen molar-refractivity contribution in [3.63, 3.8) is 0 Å². The van der Waals surface area contributed by atoms with Crippen LogP contribution in [0.4, 0.5) is 0 Å². The van der Waals surface area contributed by atoms with E-state index in [1.54, 1.807) is 44.3 Å². The molecular weight excluding hydrogens is 274 g/mol. The van der Waals surface area contributed by atoms with Crippen LogP contribution in [0.1, 0.15) is 11.6 Å². The molecule has 1 rings (SSSR count). The van der Waals surface area contributed by atoms with Crippen LogP contribution in [0.2, 0.25) is 0 Å². The summed E-state index contributed by atoms with van der Waals surface area (Å²) in [6.45, 7) is 0. The van der Waals surface area contributed by atoms with Crippen molar-refractivity contribution in [2.24, 2.45) is 0 Å². The average Bonchev–Trinajstić information content (AvgIpc) is 2.16. The lowest BCUT2D eigenvalue weighted by molar-refractivity contribution is -0.142. The largest absolute Gasteiger partial charge is 0.496 e. The summed E-state index contributed by atoms with van der Waals surface area (Å²) in [6, 6.07) is 4.61. The number of ether oxygens (including phenoxy) is 1. The van der Waals surface area contributed by atoms with Gasteiger partial charge in [0.25, 0.3) is 0 Å². The van der Waals surface area contributed by atoms with Crippen LogP contribution in [0.15, 0.2) is 22.7 Å². The molecule has 0 bridgehead atoms. The van der Waals surface area contributed by atoms with E-state index >= 15 is 0 Å². The standard InChI is InChI=1S/C11H14BrNO3/c1-13(2)10(11(14)15)7-4-5-9(16-3)8(12)6-7/h4-6,10H,1-3H3,(H,14,15). The maximum absolute atomic E-state index is 11.1. The number of aliphatic carboxylic acids is 1. The molecule has 1 aromatic rings. The third-order valence-electron chi connectivity index (χ3n) is 2.24. The van der Waals surface area contributed by atoms with E-state index < -0.39 is 12.0 Å². The molecule has 1 unspecified atom stereocenters. The van der Waals surface area contributed by atoms with Crippen LogP contribution < -0.4 is 4.74 Å². The van der Waals surface area contributed by atoms with Crippen LogP contribution in [-0.2, 0) is 4.79 Å². The number of hydrogen-bond acceptors (Lipinski definition) is 3. The molecule has 0 aliphatic heterocycles. The Morgan fingerprint density at radius 1 is 1.50 bits per heavy atom. The predicted octanol–water partition coefficient (Wildman–Crippen LogP) is 2.15. The van der Waals surface area contributed by atoms with Crippen LogP contribution in [-0.4, -0.2) is 37.2 Å². The number of rotatable bonds is 4. The van der Waals surface area contributed by atoms with Crippen molar-refractivity contribution in [2.75, 3.05) is 21.2 Å². The molecular formula is C11H14BrNO3. The molecule has 0 heterocycles. The highest BCUT2D eigenvalue weighted by Crippen LogP contribution is 2.29. The summed E-state index contributed by atoms with van der Waals surface area (Å²) in [7, 11) is 5.04. The van der Waals surface area contributed by atoms with E-state index in [1.165, 1.54) is 0 Å². The van der Waals surface area contributed by atoms with E-state index in [2.05, 4.69) is 15.9 Å². The van der Waals surface area contributed by atoms with Crippen LogP contribution in [0.5, 0.6) is 5.75 Å². The zero-order valence-electron chi connectivity index (χ0n) is 9.40. The Bertz CT molecular complexity index is 393. The van der Waals surface area contributed by atoms with Crippen molar-refractivity contribution >= 4 is 21.9 Å². The number of carboxylic acids is 1. The lowest BCUT2D eigenvalue weighted by Crippen LogP contribution is -2.27. The van der Waals surface area contributed by atoms with Gasteiger partial charge in [0.2, 0.25) is 0 Å². The Labute approximate surface area is 103 Å². The molecule has 0 radical (unpaired) electrons. The fraction of sp³-hybridized carbons (Fsp3) is 0.364. The molecule has 1 atom stereocenters. The summed E-state index contributed by atoms with van der Waals surface area (Å²) in [4.78, 5) is 12.8. The van der Waals surface area contributed by atoms with E-state index in [0.717, 1.165) is 4.47 Å². The first-order valence-electron chi connectivity index (χ1n) is 4.70. The van der Waals surface area contributed by atoms with Gasteiger partial charge in [0.1, 0.15) is 11.8 Å². The number of nitrogens with zero attached hydrogens (tertiary/aromatic N) is 1. The minimum atomic E-state index is -0.873. The molecule has 88 valence electrons. The maximum atomic E-state index is 11.1. The fourth-order valence-electron chi connectivity index (χ4n) is 1.51. The van der Waals surface area contributed by atoms with E-state index in [1.807, 2.05) is 0 Å². The SMILES string of the molecule is COc1ccc(C(C(=O)O)N(C)C)cc1Br. The second kappa shape index (κ2) is 5.32. The van der Waals surface area contributed by atoms with Gasteiger partial charge >= 0.3 is 5.97 Å². The topological polar surface area (TPSA) is 49.8 Å². The summed E-state index contributed by atoms with van der Waals surface area (Å²) >= 11 is 3.34. The summed E-state index contributed by atoms with van der Waals surface area (Å²) in [5.74, 6) is -0.186. The van der Waals surface area contributed by atoms with Gasteiger partial charge in [0, 0.05) is 0 Å². The van der Waals surface area contributed by atoms with Gasteiger partial charge in [-0.15, -0.1) is 0 Å². The van der Waals surface area contributed by atoms with E-state index in [0.29, 0.717) is 11.3 Å². The van der Waals surface area contributed by atoms with Crippen molar-refractivity contribution in [1.29, 1.82) is 0 Å². The molecule has 5 heteroatoms. The van der Waals surface area contributed by atoms with Gasteiger partial charge in [-0.3, -0.25) is 9.69 Å². The molecule has 0 aliphatic rings. The Morgan fingerprint density at radius 3 is 2.50 bits per heavy atom. The summed E-state index contributed by atoms with van der Waals surface area (Å²) < 4.78 is 5.84. The third kappa shape index (κ3) is 2.74. The van der Waals surface area contributed by atoms with Crippen molar-refractivity contribution in [2.45, 2.75) is 6.04 Å². The number of halogens is 1. The normalized spacial score (nSPS) is 12.6. The Morgan fingerprint density at radius 2 is 2.12 bits per heavy atom. The molecule has 0 saturated heterocycles. The molecule has 0 amide bonds. The first-order chi connectivity index (χ1) is 7.47. The molecule has 0 aromatic heterocycles. The van der Waals surface area contributed by atoms with Gasteiger partial charge in [0.05, 0.1) is 11.6 Å². The van der Waals surface area contributed by atoms with E-state index in [-0.39, 0.29) is 0 Å². The molecule has 1 aromatic carbocycles. The second-order valence-corrected chi connectivity index (χ2v) is 4.45. The van der Waals surface area contributed by atoms with Crippen LogP contribution in [0.3, 0.4) is 0 Å². The first kappa shape index (κ1) is 13.0. The highest BCUT2D eigenvalue weighted by Gasteiger charge is 2.22. The van der Waals surface area contributed by atoms with Crippen molar-refractivity contribution in [1.82, 2.24) is 4.90 Å². The lowest BCUT2D eigenvalue weighted by atomic mass is 10.1. The van der Waals surface area contributed by atoms with Gasteiger partial charge in [-0.05, 0) is 47.7 Å². The highest BCUT2D eigenvalue weighted by molar-refractivity contribution is 9.10. The second-order valence-electron chi connectivity index (χ2n) is 3.60. The minimum Gasteiger partial charge on any atom is -0.496 e. The molecule has 4 nitrogen and oxygen atoms in total. The zero-order valence-corrected chi connectivity index (χ0v) is 11.0. The number of benzene rings is 1. The summed E-state index contributed by atoms with van der Waals surface area (Å²) in [5.41, 5.74) is 0.713. The molecule has 0 aliphatic carbocycles. The molecule has 0 saturated carbocycles. The van der Waals surface area contributed by atoms with E-state index in [9.17, 15) is 4.79 Å². The Kier molecular flexibility index (Phi) is 4.32. The maximum Gasteiger partial charge on any atom is 0.325 e. The van der Waals surface area contributed by atoms with Crippen LogP contribution >= 0.6 is 15.9 Å². The molecule has 0 fully saturated rings. The summed E-state index contributed by atoms with van der Waals surface area (Å²) in [6.07, 6.45) is 0. The van der Waals surface area contributed by atoms with Crippen molar-refractivity contribution < 1.29 is 14.6 Å². The number of carboxylic acid groups (broad SMARTS) is 1. The number of methoxy groups -OCH3 is 1. The number of likely N-dealkylation sites (N-methyl/N-ethyl adjacent to an activating group) is 1. The minimum absolute atomic E-state index is 0.651. The highest BCUT2D eigenvalue weighted by atomic mass is 79.9. The van der Waals surface area contributed by atoms with Gasteiger partial charge in [-0.25, -0.2) is 0 Å². The number of hydrogen-bond donors (Lipinski definition) is 1. The van der Waals surface area contributed by atoms with Crippen LogP contribution in [0.25, 0.3) is 0 Å². The first-order valence-corrected chi connectivity index (χ1v) is 5.49. The van der Waals surface area contributed by atoms with Crippen molar-refractivity contribution in [3.8, 4) is 5.75 Å². The van der Waals surface area contributed by atoms with Gasteiger partial charge in [-0.1, -0.05) is 6.07 Å². The summed E-state index contributed by atoms with van der Waals surface area (Å²) in [5, 5.41) is 9.13. The number of carbonyl (C=O) groups is 1. The Hall–Kier alpha value is -1.07. The lowest BCUT2D eigenvalue weighted by Gasteiger charge is -2.20. The third-order valence-corrected chi connectivity index (χ3v) is 2.86. The monoisotopic (exact) mass is 287 g/mol. The molecule has 16 heavy (non-hydrogen) atoms. The quantitative estimate of drug-likeness (QED) is 0.922. The van der Waals surface area contributed by atoms with Crippen LogP contribution in [0, 0.1) is 0 Å². The average molecular weight is 288 g/mol. The Balaban J connectivity index is 3.12. The fourth-order valence-corrected chi connectivity index (χ4v) is 2.07. The van der Waals surface area contributed by atoms with Crippen molar-refractivity contribution in [3.05, 3.63) is 28.2 Å². The molecule has 1 N–H and O–H groups in total.